The third kappa shape index (κ3) is 15.1. The molecule has 0 bridgehead atoms. The van der Waals surface area contributed by atoms with Crippen LogP contribution in [0.3, 0.4) is 0 Å². The second kappa shape index (κ2) is 15.0. The van der Waals surface area contributed by atoms with Crippen molar-refractivity contribution in [2.45, 2.75) is 147 Å². The van der Waals surface area contributed by atoms with Gasteiger partial charge in [-0.1, -0.05) is 0 Å². The summed E-state index contributed by atoms with van der Waals surface area (Å²) >= 11 is -2.77. The zero-order valence-electron chi connectivity index (χ0n) is 19.1. The van der Waals surface area contributed by atoms with Crippen LogP contribution in [-0.4, -0.2) is 26.5 Å². The van der Waals surface area contributed by atoms with Crippen LogP contribution < -0.4 is 0 Å². The molecule has 1 aliphatic rings. The van der Waals surface area contributed by atoms with Gasteiger partial charge in [0.1, 0.15) is 0 Å². The van der Waals surface area contributed by atoms with Crippen LogP contribution in [0.25, 0.3) is 0 Å². The maximum absolute atomic E-state index is 2.70. The molecule has 0 unspecified atom stereocenters. The van der Waals surface area contributed by atoms with Gasteiger partial charge in [0.05, 0.1) is 0 Å². The van der Waals surface area contributed by atoms with Crippen molar-refractivity contribution >= 4 is 26.5 Å². The molecular formula is C24H52Ge2. The molecule has 0 aromatic heterocycles. The Balaban J connectivity index is 2.27. The first-order chi connectivity index (χ1) is 12.4. The molecule has 0 nitrogen and oxygen atoms in total. The van der Waals surface area contributed by atoms with E-state index in [4.69, 9.17) is 0 Å². The van der Waals surface area contributed by atoms with Gasteiger partial charge in [0, 0.05) is 0 Å². The van der Waals surface area contributed by atoms with Crippen molar-refractivity contribution < 1.29 is 0 Å². The number of hydrogen-bond acceptors (Lipinski definition) is 0. The van der Waals surface area contributed by atoms with Gasteiger partial charge < -0.3 is 0 Å². The number of hydrogen-bond donors (Lipinski definition) is 0. The van der Waals surface area contributed by atoms with Gasteiger partial charge in [-0.25, -0.2) is 0 Å². The van der Waals surface area contributed by atoms with Crippen LogP contribution in [0.4, 0.5) is 0 Å². The molecule has 26 heavy (non-hydrogen) atoms. The van der Waals surface area contributed by atoms with Crippen molar-refractivity contribution in [1.29, 1.82) is 0 Å². The quantitative estimate of drug-likeness (QED) is 0.299. The summed E-state index contributed by atoms with van der Waals surface area (Å²) in [6.07, 6.45) is 24.4. The average Bonchev–Trinajstić information content (AvgIpc) is 2.57. The van der Waals surface area contributed by atoms with Gasteiger partial charge in [0.2, 0.25) is 0 Å². The van der Waals surface area contributed by atoms with Crippen LogP contribution in [0, 0.1) is 0 Å². The Labute approximate surface area is 172 Å². The molecule has 0 atom stereocenters. The molecule has 1 aliphatic heterocycles. The van der Waals surface area contributed by atoms with Gasteiger partial charge in [-0.2, -0.15) is 0 Å². The minimum absolute atomic E-state index is 1.38. The maximum atomic E-state index is 2.70. The molecule has 1 saturated heterocycles. The Morgan fingerprint density at radius 3 is 0.615 bits per heavy atom. The Hall–Kier alpha value is 1.09. The van der Waals surface area contributed by atoms with Crippen molar-refractivity contribution in [3.8, 4) is 0 Å². The first-order valence-electron chi connectivity index (χ1n) is 12.4. The summed E-state index contributed by atoms with van der Waals surface area (Å²) in [5.74, 6) is 10.8. The molecular weight excluding hydrogens is 433 g/mol. The van der Waals surface area contributed by atoms with Gasteiger partial charge in [0.15, 0.2) is 0 Å². The number of rotatable bonds is 0. The van der Waals surface area contributed by atoms with Gasteiger partial charge in [-0.15, -0.1) is 0 Å². The van der Waals surface area contributed by atoms with Gasteiger partial charge >= 0.3 is 173 Å². The van der Waals surface area contributed by atoms with E-state index in [2.05, 4.69) is 23.0 Å². The molecule has 1 fully saturated rings. The second-order valence-corrected chi connectivity index (χ2v) is 33.3. The van der Waals surface area contributed by atoms with Crippen LogP contribution in [0.1, 0.15) is 103 Å². The van der Waals surface area contributed by atoms with E-state index < -0.39 is 26.5 Å². The summed E-state index contributed by atoms with van der Waals surface area (Å²) in [5.41, 5.74) is 0. The summed E-state index contributed by atoms with van der Waals surface area (Å²) in [6, 6.07) is 0. The zero-order valence-corrected chi connectivity index (χ0v) is 23.3. The third-order valence-corrected chi connectivity index (χ3v) is 21.2. The monoisotopic (exact) mass is 488 g/mol. The topological polar surface area (TPSA) is 0 Å². The van der Waals surface area contributed by atoms with E-state index in [1.54, 1.807) is 46.7 Å². The first kappa shape index (κ1) is 25.1. The fraction of sp³-hybridized carbons (Fsp3) is 1.00. The van der Waals surface area contributed by atoms with E-state index >= 15 is 0 Å². The molecule has 0 aliphatic carbocycles. The van der Waals surface area contributed by atoms with Crippen LogP contribution in [0.15, 0.2) is 0 Å². The van der Waals surface area contributed by atoms with E-state index in [9.17, 15) is 0 Å². The zero-order chi connectivity index (χ0) is 19.1. The SMILES string of the molecule is [CH3][Ge]1([CH3])[CH2]CCCCCCCC[CH2][Ge]([CH3])([CH3])[CH2]CCCCCCCC[CH2]1. The molecule has 156 valence electrons. The molecule has 1 rings (SSSR count). The van der Waals surface area contributed by atoms with E-state index in [-0.39, 0.29) is 0 Å². The van der Waals surface area contributed by atoms with Crippen LogP contribution in [0.2, 0.25) is 44.0 Å². The molecule has 0 aromatic rings. The Morgan fingerprint density at radius 2 is 0.423 bits per heavy atom. The van der Waals surface area contributed by atoms with Crippen LogP contribution in [-0.2, 0) is 0 Å². The second-order valence-electron chi connectivity index (χ2n) is 11.0. The molecule has 1 heterocycles. The van der Waals surface area contributed by atoms with Crippen molar-refractivity contribution in [1.82, 2.24) is 0 Å². The Morgan fingerprint density at radius 1 is 0.269 bits per heavy atom. The summed E-state index contributed by atoms with van der Waals surface area (Å²) in [4.78, 5) is 0. The van der Waals surface area contributed by atoms with Crippen molar-refractivity contribution in [3.63, 3.8) is 0 Å². The van der Waals surface area contributed by atoms with E-state index in [1.807, 2.05) is 0 Å². The fourth-order valence-corrected chi connectivity index (χ4v) is 16.0. The van der Waals surface area contributed by atoms with Gasteiger partial charge in [-0.3, -0.25) is 0 Å². The minimum atomic E-state index is -1.38. The molecule has 2 heteroatoms. The van der Waals surface area contributed by atoms with Crippen LogP contribution >= 0.6 is 0 Å². The average molecular weight is 486 g/mol. The molecule has 0 N–H and O–H groups in total. The molecule has 0 amide bonds. The summed E-state index contributed by atoms with van der Waals surface area (Å²) in [5, 5.41) is 6.56. The molecule has 0 spiro atoms. The van der Waals surface area contributed by atoms with Gasteiger partial charge in [0.25, 0.3) is 0 Å². The predicted octanol–water partition coefficient (Wildman–Crippen LogP) is 9.66. The predicted molar refractivity (Wildman–Crippen MR) is 128 cm³/mol. The molecule has 0 saturated carbocycles. The summed E-state index contributed by atoms with van der Waals surface area (Å²) in [7, 11) is 0. The summed E-state index contributed by atoms with van der Waals surface area (Å²) < 4.78 is 0. The Kier molecular flexibility index (Phi) is 14.5. The Bertz CT molecular complexity index is 262. The molecule has 0 radical (unpaired) electrons. The van der Waals surface area contributed by atoms with Crippen molar-refractivity contribution in [2.24, 2.45) is 0 Å². The fourth-order valence-electron chi connectivity index (χ4n) is 4.79. The van der Waals surface area contributed by atoms with Crippen molar-refractivity contribution in [3.05, 3.63) is 0 Å². The van der Waals surface area contributed by atoms with E-state index in [1.165, 1.54) is 77.0 Å². The van der Waals surface area contributed by atoms with E-state index in [0.29, 0.717) is 0 Å². The summed E-state index contributed by atoms with van der Waals surface area (Å²) in [6.45, 7) is 0. The normalized spacial score (nSPS) is 26.3. The standard InChI is InChI=1S/C24H52Ge2/c1-25(2)21-17-13-9-5-7-11-15-19-23-26(3,4)24-20-16-12-8-6-10-14-18-22-25/h5-24H2,1-4H3. The first-order valence-corrected chi connectivity index (χ1v) is 26.7. The van der Waals surface area contributed by atoms with Gasteiger partial charge in [-0.05, 0) is 0 Å². The van der Waals surface area contributed by atoms with Crippen molar-refractivity contribution in [2.75, 3.05) is 0 Å². The van der Waals surface area contributed by atoms with E-state index in [0.717, 1.165) is 0 Å². The van der Waals surface area contributed by atoms with Crippen LogP contribution in [0.5, 0.6) is 0 Å². The molecule has 0 aromatic carbocycles. The third-order valence-electron chi connectivity index (χ3n) is 6.91.